The van der Waals surface area contributed by atoms with Crippen LogP contribution in [0, 0.1) is 5.92 Å². The molecule has 0 heterocycles. The van der Waals surface area contributed by atoms with Gasteiger partial charge in [-0.25, -0.2) is 0 Å². The van der Waals surface area contributed by atoms with Crippen LogP contribution < -0.4 is 5.73 Å². The Kier molecular flexibility index (Phi) is 6.18. The van der Waals surface area contributed by atoms with Crippen LogP contribution in [0.4, 0.5) is 0 Å². The first-order chi connectivity index (χ1) is 9.49. The number of rotatable bonds is 6. The van der Waals surface area contributed by atoms with Crippen LogP contribution in [0.5, 0.6) is 0 Å². The summed E-state index contributed by atoms with van der Waals surface area (Å²) in [6, 6.07) is 7.61. The second-order valence-corrected chi connectivity index (χ2v) is 4.85. The van der Waals surface area contributed by atoms with Gasteiger partial charge in [-0.2, -0.15) is 0 Å². The zero-order chi connectivity index (χ0) is 15.1. The van der Waals surface area contributed by atoms with E-state index >= 15 is 0 Å². The zero-order valence-electron chi connectivity index (χ0n) is 12.3. The molecular weight excluding hydrogens is 256 g/mol. The Balaban J connectivity index is 2.64. The van der Waals surface area contributed by atoms with E-state index in [2.05, 4.69) is 4.74 Å². The summed E-state index contributed by atoms with van der Waals surface area (Å²) in [5, 5.41) is 0. The van der Waals surface area contributed by atoms with Crippen molar-refractivity contribution >= 4 is 11.9 Å². The van der Waals surface area contributed by atoms with Crippen molar-refractivity contribution in [1.82, 2.24) is 4.90 Å². The van der Waals surface area contributed by atoms with Gasteiger partial charge in [0.2, 0.25) is 5.91 Å². The molecule has 1 aromatic carbocycles. The van der Waals surface area contributed by atoms with Gasteiger partial charge >= 0.3 is 5.97 Å². The van der Waals surface area contributed by atoms with E-state index in [0.29, 0.717) is 13.1 Å². The first kappa shape index (κ1) is 16.2. The van der Waals surface area contributed by atoms with Crippen LogP contribution in [0.15, 0.2) is 24.3 Å². The first-order valence-electron chi connectivity index (χ1n) is 6.58. The number of carbonyl (C=O) groups excluding carboxylic acids is 2. The van der Waals surface area contributed by atoms with Gasteiger partial charge in [0.15, 0.2) is 0 Å². The third-order valence-corrected chi connectivity index (χ3v) is 3.26. The number of hydrogen-bond acceptors (Lipinski definition) is 4. The number of esters is 1. The fourth-order valence-electron chi connectivity index (χ4n) is 2.02. The molecule has 20 heavy (non-hydrogen) atoms. The van der Waals surface area contributed by atoms with E-state index in [9.17, 15) is 9.59 Å². The first-order valence-corrected chi connectivity index (χ1v) is 6.58. The molecule has 0 aliphatic rings. The van der Waals surface area contributed by atoms with Gasteiger partial charge < -0.3 is 15.4 Å². The molecule has 5 nitrogen and oxygen atoms in total. The Morgan fingerprint density at radius 1 is 1.30 bits per heavy atom. The van der Waals surface area contributed by atoms with Gasteiger partial charge in [0, 0.05) is 20.1 Å². The van der Waals surface area contributed by atoms with E-state index in [1.165, 1.54) is 7.11 Å². The van der Waals surface area contributed by atoms with E-state index in [1.54, 1.807) is 18.9 Å². The lowest BCUT2D eigenvalue weighted by Crippen LogP contribution is -2.35. The SMILES string of the molecule is COC(=O)C(C)CN(C)C(=O)Cc1ccccc1CN. The fourth-order valence-corrected chi connectivity index (χ4v) is 2.02. The lowest BCUT2D eigenvalue weighted by Gasteiger charge is -2.21. The molecule has 0 bridgehead atoms. The summed E-state index contributed by atoms with van der Waals surface area (Å²) in [5.41, 5.74) is 7.55. The van der Waals surface area contributed by atoms with Gasteiger partial charge in [-0.15, -0.1) is 0 Å². The Bertz CT molecular complexity index is 474. The van der Waals surface area contributed by atoms with Crippen LogP contribution >= 0.6 is 0 Å². The minimum Gasteiger partial charge on any atom is -0.469 e. The molecule has 0 aliphatic heterocycles. The second-order valence-electron chi connectivity index (χ2n) is 4.85. The van der Waals surface area contributed by atoms with E-state index in [0.717, 1.165) is 11.1 Å². The number of likely N-dealkylation sites (N-methyl/N-ethyl adjacent to an activating group) is 1. The minimum atomic E-state index is -0.335. The minimum absolute atomic E-state index is 0.0401. The van der Waals surface area contributed by atoms with Crippen molar-refractivity contribution in [3.63, 3.8) is 0 Å². The third-order valence-electron chi connectivity index (χ3n) is 3.26. The number of benzene rings is 1. The van der Waals surface area contributed by atoms with E-state index in [1.807, 2.05) is 24.3 Å². The second kappa shape index (κ2) is 7.65. The maximum Gasteiger partial charge on any atom is 0.310 e. The van der Waals surface area contributed by atoms with Crippen LogP contribution in [0.1, 0.15) is 18.1 Å². The monoisotopic (exact) mass is 278 g/mol. The summed E-state index contributed by atoms with van der Waals surface area (Å²) in [7, 11) is 3.03. The summed E-state index contributed by atoms with van der Waals surface area (Å²) < 4.78 is 4.65. The molecule has 1 amide bonds. The van der Waals surface area contributed by atoms with Crippen molar-refractivity contribution in [2.24, 2.45) is 11.7 Å². The average Bonchev–Trinajstić information content (AvgIpc) is 2.46. The fraction of sp³-hybridized carbons (Fsp3) is 0.467. The highest BCUT2D eigenvalue weighted by Crippen LogP contribution is 2.10. The molecule has 1 atom stereocenters. The molecule has 2 N–H and O–H groups in total. The molecule has 0 aromatic heterocycles. The molecule has 0 saturated heterocycles. The number of amides is 1. The number of ether oxygens (including phenoxy) is 1. The standard InChI is InChI=1S/C15H22N2O3/c1-11(15(19)20-3)10-17(2)14(18)8-12-6-4-5-7-13(12)9-16/h4-7,11H,8-10,16H2,1-3H3. The molecule has 0 saturated carbocycles. The van der Waals surface area contributed by atoms with Crippen LogP contribution in [-0.4, -0.2) is 37.5 Å². The highest BCUT2D eigenvalue weighted by atomic mass is 16.5. The van der Waals surface area contributed by atoms with Gasteiger partial charge in [0.25, 0.3) is 0 Å². The smallest absolute Gasteiger partial charge is 0.310 e. The summed E-state index contributed by atoms with van der Waals surface area (Å²) >= 11 is 0. The van der Waals surface area contributed by atoms with E-state index in [-0.39, 0.29) is 24.2 Å². The Morgan fingerprint density at radius 2 is 1.90 bits per heavy atom. The molecule has 110 valence electrons. The summed E-state index contributed by atoms with van der Waals surface area (Å²) in [4.78, 5) is 25.1. The van der Waals surface area contributed by atoms with Gasteiger partial charge in [0.1, 0.15) is 0 Å². The van der Waals surface area contributed by atoms with Crippen molar-refractivity contribution in [3.05, 3.63) is 35.4 Å². The molecular formula is C15H22N2O3. The average molecular weight is 278 g/mol. The van der Waals surface area contributed by atoms with Crippen molar-refractivity contribution in [2.75, 3.05) is 20.7 Å². The van der Waals surface area contributed by atoms with Crippen molar-refractivity contribution in [1.29, 1.82) is 0 Å². The van der Waals surface area contributed by atoms with E-state index in [4.69, 9.17) is 5.73 Å². The third kappa shape index (κ3) is 4.35. The molecule has 5 heteroatoms. The summed E-state index contributed by atoms with van der Waals surface area (Å²) in [6.45, 7) is 2.49. The Morgan fingerprint density at radius 3 is 2.45 bits per heavy atom. The largest absolute Gasteiger partial charge is 0.469 e. The van der Waals surface area contributed by atoms with Gasteiger partial charge in [0.05, 0.1) is 19.4 Å². The predicted molar refractivity (Wildman–Crippen MR) is 76.9 cm³/mol. The molecule has 1 aromatic rings. The number of hydrogen-bond donors (Lipinski definition) is 1. The van der Waals surface area contributed by atoms with Gasteiger partial charge in [-0.1, -0.05) is 31.2 Å². The topological polar surface area (TPSA) is 72.6 Å². The van der Waals surface area contributed by atoms with Gasteiger partial charge in [-0.05, 0) is 11.1 Å². The lowest BCUT2D eigenvalue weighted by atomic mass is 10.0. The van der Waals surface area contributed by atoms with E-state index < -0.39 is 0 Å². The molecule has 0 aliphatic carbocycles. The zero-order valence-corrected chi connectivity index (χ0v) is 12.3. The molecule has 0 fully saturated rings. The Labute approximate surface area is 119 Å². The van der Waals surface area contributed by atoms with Crippen LogP contribution in [-0.2, 0) is 27.3 Å². The molecule has 0 radical (unpaired) electrons. The number of methoxy groups -OCH3 is 1. The Hall–Kier alpha value is -1.88. The summed E-state index contributed by atoms with van der Waals surface area (Å²) in [5.74, 6) is -0.688. The maximum atomic E-state index is 12.2. The molecule has 1 unspecified atom stereocenters. The maximum absolute atomic E-state index is 12.2. The lowest BCUT2D eigenvalue weighted by molar-refractivity contribution is -0.146. The normalized spacial score (nSPS) is 11.8. The van der Waals surface area contributed by atoms with Crippen LogP contribution in [0.25, 0.3) is 0 Å². The van der Waals surface area contributed by atoms with Crippen LogP contribution in [0.3, 0.4) is 0 Å². The van der Waals surface area contributed by atoms with Crippen LogP contribution in [0.2, 0.25) is 0 Å². The van der Waals surface area contributed by atoms with Crippen molar-refractivity contribution < 1.29 is 14.3 Å². The van der Waals surface area contributed by atoms with Crippen molar-refractivity contribution in [2.45, 2.75) is 19.9 Å². The highest BCUT2D eigenvalue weighted by molar-refractivity contribution is 5.80. The van der Waals surface area contributed by atoms with Gasteiger partial charge in [-0.3, -0.25) is 9.59 Å². The number of nitrogens with zero attached hydrogens (tertiary/aromatic N) is 1. The van der Waals surface area contributed by atoms with Crippen molar-refractivity contribution in [3.8, 4) is 0 Å². The number of carbonyl (C=O) groups is 2. The predicted octanol–water partition coefficient (Wildman–Crippen LogP) is 0.955. The molecule has 1 rings (SSSR count). The quantitative estimate of drug-likeness (QED) is 0.787. The highest BCUT2D eigenvalue weighted by Gasteiger charge is 2.19. The summed E-state index contributed by atoms with van der Waals surface area (Å²) in [6.07, 6.45) is 0.289. The number of nitrogens with two attached hydrogens (primary N) is 1. The molecule has 0 spiro atoms.